The zero-order chi connectivity index (χ0) is 17.7. The number of nitrogens with zero attached hydrogens (tertiary/aromatic N) is 2. The Balaban J connectivity index is 1.74. The van der Waals surface area contributed by atoms with Crippen LogP contribution in [0.25, 0.3) is 0 Å². The van der Waals surface area contributed by atoms with E-state index in [0.29, 0.717) is 0 Å². The number of benzene rings is 1. The summed E-state index contributed by atoms with van der Waals surface area (Å²) in [5, 5.41) is 10.9. The van der Waals surface area contributed by atoms with Gasteiger partial charge in [-0.2, -0.15) is 5.10 Å². The Morgan fingerprint density at radius 3 is 2.68 bits per heavy atom. The van der Waals surface area contributed by atoms with Crippen LogP contribution in [0.4, 0.5) is 0 Å². The lowest BCUT2D eigenvalue weighted by molar-refractivity contribution is -0.132. The molecule has 3 rings (SSSR count). The number of rotatable bonds is 6. The molecule has 134 valence electrons. The Kier molecular flexibility index (Phi) is 5.81. The number of amides is 1. The summed E-state index contributed by atoms with van der Waals surface area (Å²) in [5.74, 6) is 1.11. The maximum atomic E-state index is 13.2. The highest BCUT2D eigenvalue weighted by atomic mass is 32.2. The lowest BCUT2D eigenvalue weighted by atomic mass is 9.87. The summed E-state index contributed by atoms with van der Waals surface area (Å²) in [4.78, 5) is 14.4. The van der Waals surface area contributed by atoms with Gasteiger partial charge >= 0.3 is 0 Å². The maximum Gasteiger partial charge on any atom is 0.248 e. The number of thioether (sulfide) groups is 1. The fourth-order valence-corrected chi connectivity index (χ4v) is 4.02. The Morgan fingerprint density at radius 2 is 2.08 bits per heavy atom. The van der Waals surface area contributed by atoms with Crippen LogP contribution in [0.1, 0.15) is 38.3 Å². The van der Waals surface area contributed by atoms with E-state index in [9.17, 15) is 4.79 Å². The van der Waals surface area contributed by atoms with Crippen molar-refractivity contribution >= 4 is 17.7 Å². The molecular weight excluding hydrogens is 332 g/mol. The topological polar surface area (TPSA) is 59.0 Å². The van der Waals surface area contributed by atoms with Crippen molar-refractivity contribution in [2.45, 2.75) is 43.2 Å². The molecule has 1 aliphatic heterocycles. The van der Waals surface area contributed by atoms with E-state index in [4.69, 9.17) is 0 Å². The summed E-state index contributed by atoms with van der Waals surface area (Å²) in [7, 11) is 0. The second-order valence-corrected chi connectivity index (χ2v) is 7.77. The average Bonchev–Trinajstić information content (AvgIpc) is 3.18. The van der Waals surface area contributed by atoms with E-state index in [0.717, 1.165) is 37.2 Å². The van der Waals surface area contributed by atoms with Crippen LogP contribution in [0.5, 0.6) is 0 Å². The fourth-order valence-electron chi connectivity index (χ4n) is 3.36. The van der Waals surface area contributed by atoms with E-state index in [1.165, 1.54) is 4.90 Å². The summed E-state index contributed by atoms with van der Waals surface area (Å²) in [6.07, 6.45) is 5.13. The highest BCUT2D eigenvalue weighted by molar-refractivity contribution is 7.99. The quantitative estimate of drug-likeness (QED) is 0.780. The van der Waals surface area contributed by atoms with Crippen molar-refractivity contribution < 1.29 is 4.79 Å². The number of piperidine rings is 1. The molecule has 2 aromatic rings. The summed E-state index contributed by atoms with van der Waals surface area (Å²) in [6.45, 7) is 5.84. The fraction of sp³-hybridized carbons (Fsp3) is 0.474. The van der Waals surface area contributed by atoms with E-state index in [-0.39, 0.29) is 11.9 Å². The molecule has 1 saturated heterocycles. The summed E-state index contributed by atoms with van der Waals surface area (Å²) < 4.78 is 1.83. The molecule has 0 spiro atoms. The number of carbonyl (C=O) groups excluding carboxylic acids is 1. The smallest absolute Gasteiger partial charge is 0.248 e. The van der Waals surface area contributed by atoms with Gasteiger partial charge in [0.2, 0.25) is 5.91 Å². The van der Waals surface area contributed by atoms with E-state index in [2.05, 4.69) is 46.9 Å². The highest BCUT2D eigenvalue weighted by Gasteiger charge is 2.42. The normalized spacial score (nSPS) is 17.8. The number of carbonyl (C=O) groups is 1. The molecule has 0 saturated carbocycles. The van der Waals surface area contributed by atoms with Crippen molar-refractivity contribution in [2.24, 2.45) is 0 Å². The number of nitrogens with one attached hydrogen (secondary N) is 2. The molecule has 1 fully saturated rings. The SMILES string of the molecule is CCSc1ccc(C(C)NC(=O)C2(n3cccn3)CCNCC2)cc1. The van der Waals surface area contributed by atoms with Crippen molar-refractivity contribution in [3.8, 4) is 0 Å². The third kappa shape index (κ3) is 3.90. The van der Waals surface area contributed by atoms with Gasteiger partial charge in [0.15, 0.2) is 0 Å². The Bertz CT molecular complexity index is 678. The van der Waals surface area contributed by atoms with Gasteiger partial charge in [-0.05, 0) is 62.4 Å². The first-order valence-corrected chi connectivity index (χ1v) is 9.89. The van der Waals surface area contributed by atoms with Crippen LogP contribution in [0.2, 0.25) is 0 Å². The monoisotopic (exact) mass is 358 g/mol. The molecule has 6 heteroatoms. The highest BCUT2D eigenvalue weighted by Crippen LogP contribution is 2.28. The molecule has 1 aromatic heterocycles. The van der Waals surface area contributed by atoms with Gasteiger partial charge in [0.25, 0.3) is 0 Å². The number of hydrogen-bond donors (Lipinski definition) is 2. The minimum atomic E-state index is -0.596. The van der Waals surface area contributed by atoms with E-state index in [1.807, 2.05) is 35.6 Å². The molecule has 2 N–H and O–H groups in total. The Morgan fingerprint density at radius 1 is 1.36 bits per heavy atom. The standard InChI is InChI=1S/C19H26N4OS/c1-3-25-17-7-5-16(6-8-17)15(2)22-18(24)19(9-12-20-13-10-19)23-14-4-11-21-23/h4-8,11,14-15,20H,3,9-10,12-13H2,1-2H3,(H,22,24). The largest absolute Gasteiger partial charge is 0.347 e. The first-order valence-electron chi connectivity index (χ1n) is 8.90. The predicted molar refractivity (Wildman–Crippen MR) is 102 cm³/mol. The first-order chi connectivity index (χ1) is 12.2. The minimum absolute atomic E-state index is 0.0319. The third-order valence-corrected chi connectivity index (χ3v) is 5.73. The van der Waals surface area contributed by atoms with E-state index >= 15 is 0 Å². The van der Waals surface area contributed by atoms with Crippen LogP contribution >= 0.6 is 11.8 Å². The van der Waals surface area contributed by atoms with Crippen LogP contribution in [-0.2, 0) is 10.3 Å². The second-order valence-electron chi connectivity index (χ2n) is 6.43. The van der Waals surface area contributed by atoms with Gasteiger partial charge in [-0.25, -0.2) is 0 Å². The summed E-state index contributed by atoms with van der Waals surface area (Å²) >= 11 is 1.82. The van der Waals surface area contributed by atoms with Gasteiger partial charge in [0.1, 0.15) is 5.54 Å². The molecule has 0 bridgehead atoms. The van der Waals surface area contributed by atoms with Crippen LogP contribution in [-0.4, -0.2) is 34.5 Å². The molecule has 25 heavy (non-hydrogen) atoms. The zero-order valence-electron chi connectivity index (χ0n) is 14.9. The second kappa shape index (κ2) is 8.06. The average molecular weight is 359 g/mol. The summed E-state index contributed by atoms with van der Waals surface area (Å²) in [5.41, 5.74) is 0.527. The van der Waals surface area contributed by atoms with Gasteiger partial charge in [0.05, 0.1) is 6.04 Å². The first kappa shape index (κ1) is 18.0. The summed E-state index contributed by atoms with van der Waals surface area (Å²) in [6, 6.07) is 10.3. The minimum Gasteiger partial charge on any atom is -0.347 e. The molecule has 2 heterocycles. The molecule has 0 radical (unpaired) electrons. The molecule has 1 aliphatic rings. The van der Waals surface area contributed by atoms with Crippen molar-refractivity contribution in [3.05, 3.63) is 48.3 Å². The molecule has 1 amide bonds. The molecule has 1 aromatic carbocycles. The van der Waals surface area contributed by atoms with E-state index in [1.54, 1.807) is 6.20 Å². The lowest BCUT2D eigenvalue weighted by Gasteiger charge is -2.37. The van der Waals surface area contributed by atoms with Crippen LogP contribution < -0.4 is 10.6 Å². The van der Waals surface area contributed by atoms with E-state index < -0.39 is 5.54 Å². The molecule has 1 unspecified atom stereocenters. The van der Waals surface area contributed by atoms with Crippen LogP contribution in [0, 0.1) is 0 Å². The van der Waals surface area contributed by atoms with Crippen molar-refractivity contribution in [2.75, 3.05) is 18.8 Å². The molecule has 0 aliphatic carbocycles. The van der Waals surface area contributed by atoms with Crippen molar-refractivity contribution in [1.82, 2.24) is 20.4 Å². The molecular formula is C19H26N4OS. The predicted octanol–water partition coefficient (Wildman–Crippen LogP) is 2.95. The molecule has 1 atom stereocenters. The number of hydrogen-bond acceptors (Lipinski definition) is 4. The van der Waals surface area contributed by atoms with Crippen molar-refractivity contribution in [1.29, 1.82) is 0 Å². The van der Waals surface area contributed by atoms with Crippen LogP contribution in [0.3, 0.4) is 0 Å². The van der Waals surface area contributed by atoms with Gasteiger partial charge in [0, 0.05) is 17.3 Å². The third-order valence-electron chi connectivity index (χ3n) is 4.84. The molecule has 5 nitrogen and oxygen atoms in total. The van der Waals surface area contributed by atoms with Gasteiger partial charge in [-0.1, -0.05) is 19.1 Å². The van der Waals surface area contributed by atoms with Crippen molar-refractivity contribution in [3.63, 3.8) is 0 Å². The maximum absolute atomic E-state index is 13.2. The van der Waals surface area contributed by atoms with Crippen LogP contribution in [0.15, 0.2) is 47.6 Å². The van der Waals surface area contributed by atoms with Gasteiger partial charge in [-0.15, -0.1) is 11.8 Å². The Labute approximate surface area is 153 Å². The zero-order valence-corrected chi connectivity index (χ0v) is 15.7. The lowest BCUT2D eigenvalue weighted by Crippen LogP contribution is -2.55. The van der Waals surface area contributed by atoms with Gasteiger partial charge in [-0.3, -0.25) is 9.48 Å². The number of aromatic nitrogens is 2. The van der Waals surface area contributed by atoms with Gasteiger partial charge < -0.3 is 10.6 Å². The Hall–Kier alpha value is -1.79.